The molecule has 0 bridgehead atoms. The number of halogens is 4. The molecule has 0 aliphatic carbocycles. The third-order valence-electron chi connectivity index (χ3n) is 3.37. The molecule has 0 fully saturated rings. The molecule has 0 spiro atoms. The summed E-state index contributed by atoms with van der Waals surface area (Å²) in [5.41, 5.74) is 1.62. The number of aromatic hydroxyl groups is 1. The van der Waals surface area contributed by atoms with Crippen LogP contribution in [0.15, 0.2) is 39.3 Å². The van der Waals surface area contributed by atoms with Gasteiger partial charge in [0.15, 0.2) is 17.4 Å². The fourth-order valence-electron chi connectivity index (χ4n) is 2.21. The van der Waals surface area contributed by atoms with Crippen LogP contribution in [-0.4, -0.2) is 10.3 Å². The van der Waals surface area contributed by atoms with E-state index >= 15 is 0 Å². The quantitative estimate of drug-likeness (QED) is 0.351. The predicted octanol–water partition coefficient (Wildman–Crippen LogP) is 5.74. The lowest BCUT2D eigenvalue weighted by molar-refractivity contribution is 0.365. The van der Waals surface area contributed by atoms with E-state index in [1.165, 1.54) is 12.1 Å². The maximum absolute atomic E-state index is 14.5. The van der Waals surface area contributed by atoms with Gasteiger partial charge in [0.1, 0.15) is 0 Å². The highest BCUT2D eigenvalue weighted by Crippen LogP contribution is 2.38. The highest BCUT2D eigenvalue weighted by molar-refractivity contribution is 14.1. The summed E-state index contributed by atoms with van der Waals surface area (Å²) in [6.07, 6.45) is 0. The first-order chi connectivity index (χ1) is 11.4. The van der Waals surface area contributed by atoms with Crippen molar-refractivity contribution in [3.05, 3.63) is 55.6 Å². The summed E-state index contributed by atoms with van der Waals surface area (Å²) in [6, 6.07) is 8.13. The fourth-order valence-corrected chi connectivity index (χ4v) is 3.26. The van der Waals surface area contributed by atoms with Crippen LogP contribution >= 0.6 is 38.5 Å². The van der Waals surface area contributed by atoms with E-state index in [4.69, 9.17) is 4.52 Å². The number of rotatable bonds is 3. The number of anilines is 2. The number of hydrogen-bond donors (Lipinski definition) is 2. The maximum Gasteiger partial charge on any atom is 0.252 e. The summed E-state index contributed by atoms with van der Waals surface area (Å²) in [4.78, 5) is 0. The third-order valence-corrected chi connectivity index (χ3v) is 4.62. The number of hydrogen-bond acceptors (Lipinski definition) is 4. The molecule has 1 aromatic heterocycles. The Morgan fingerprint density at radius 3 is 2.58 bits per heavy atom. The van der Waals surface area contributed by atoms with Crippen molar-refractivity contribution in [1.82, 2.24) is 5.16 Å². The molecule has 2 aromatic carbocycles. The minimum Gasteiger partial charge on any atom is -0.491 e. The second-order valence-corrected chi connectivity index (χ2v) is 7.14. The molecule has 2 N–H and O–H groups in total. The number of nitrogens with zero attached hydrogens (tertiary/aromatic N) is 1. The molecule has 4 nitrogen and oxygen atoms in total. The van der Waals surface area contributed by atoms with E-state index < -0.39 is 11.6 Å². The molecular weight excluding hydrogens is 497 g/mol. The van der Waals surface area contributed by atoms with Gasteiger partial charge in [0.2, 0.25) is 0 Å². The van der Waals surface area contributed by atoms with Gasteiger partial charge in [-0.1, -0.05) is 0 Å². The molecule has 24 heavy (non-hydrogen) atoms. The molecule has 0 aliphatic rings. The van der Waals surface area contributed by atoms with Gasteiger partial charge < -0.3 is 14.9 Å². The molecule has 124 valence electrons. The second-order valence-electron chi connectivity index (χ2n) is 5.04. The topological polar surface area (TPSA) is 58.3 Å². The van der Waals surface area contributed by atoms with Gasteiger partial charge in [-0.15, -0.1) is 0 Å². The first-order valence-electron chi connectivity index (χ1n) is 6.73. The lowest BCUT2D eigenvalue weighted by Gasteiger charge is -2.15. The molecule has 0 amide bonds. The average Bonchev–Trinajstić information content (AvgIpc) is 2.96. The minimum atomic E-state index is -1.06. The summed E-state index contributed by atoms with van der Waals surface area (Å²) >= 11 is 5.15. The van der Waals surface area contributed by atoms with Gasteiger partial charge in [0, 0.05) is 20.9 Å². The van der Waals surface area contributed by atoms with E-state index in [0.29, 0.717) is 5.69 Å². The van der Waals surface area contributed by atoms with Gasteiger partial charge in [-0.05, 0) is 80.4 Å². The Bertz CT molecular complexity index is 931. The number of benzene rings is 2. The van der Waals surface area contributed by atoms with Crippen LogP contribution in [0.4, 0.5) is 20.2 Å². The molecule has 0 radical (unpaired) electrons. The van der Waals surface area contributed by atoms with E-state index in [-0.39, 0.29) is 27.4 Å². The van der Waals surface area contributed by atoms with Crippen LogP contribution in [0, 0.1) is 22.1 Å². The smallest absolute Gasteiger partial charge is 0.252 e. The van der Waals surface area contributed by atoms with E-state index in [9.17, 15) is 13.9 Å². The lowest BCUT2D eigenvalue weighted by atomic mass is 10.1. The Labute approximate surface area is 158 Å². The van der Waals surface area contributed by atoms with Crippen LogP contribution in [0.2, 0.25) is 0 Å². The van der Waals surface area contributed by atoms with Crippen LogP contribution in [0.5, 0.6) is 5.88 Å². The van der Waals surface area contributed by atoms with Gasteiger partial charge in [-0.2, -0.15) is 0 Å². The Balaban J connectivity index is 2.16. The van der Waals surface area contributed by atoms with Gasteiger partial charge in [-0.3, -0.25) is 0 Å². The zero-order chi connectivity index (χ0) is 17.4. The molecule has 1 heterocycles. The monoisotopic (exact) mass is 506 g/mol. The van der Waals surface area contributed by atoms with Gasteiger partial charge in [0.25, 0.3) is 5.88 Å². The second kappa shape index (κ2) is 6.67. The summed E-state index contributed by atoms with van der Waals surface area (Å²) in [5.74, 6) is -2.32. The Morgan fingerprint density at radius 2 is 1.96 bits per heavy atom. The first kappa shape index (κ1) is 17.2. The van der Waals surface area contributed by atoms with Crippen molar-refractivity contribution in [2.45, 2.75) is 6.92 Å². The Kier molecular flexibility index (Phi) is 4.77. The van der Waals surface area contributed by atoms with Crippen molar-refractivity contribution in [2.24, 2.45) is 0 Å². The largest absolute Gasteiger partial charge is 0.491 e. The van der Waals surface area contributed by atoms with Crippen LogP contribution in [0.1, 0.15) is 5.56 Å². The zero-order valence-corrected chi connectivity index (χ0v) is 15.9. The minimum absolute atomic E-state index is 0.0595. The van der Waals surface area contributed by atoms with Gasteiger partial charge in [-0.25, -0.2) is 8.78 Å². The molecule has 0 saturated heterocycles. The SMILES string of the molecule is Cc1cc(I)ccc1Nc1c(-c2cc(O)no2)cc(Br)c(F)c1F. The fraction of sp³-hybridized carbons (Fsp3) is 0.0625. The lowest BCUT2D eigenvalue weighted by Crippen LogP contribution is -2.01. The molecule has 0 saturated carbocycles. The maximum atomic E-state index is 14.5. The van der Waals surface area contributed by atoms with Crippen molar-refractivity contribution >= 4 is 49.9 Å². The summed E-state index contributed by atoms with van der Waals surface area (Å²) in [6.45, 7) is 1.86. The van der Waals surface area contributed by atoms with E-state index in [1.807, 2.05) is 19.1 Å². The van der Waals surface area contributed by atoms with Crippen LogP contribution in [0.25, 0.3) is 11.3 Å². The Hall–Kier alpha value is -1.68. The van der Waals surface area contributed by atoms with Gasteiger partial charge >= 0.3 is 0 Å². The highest BCUT2D eigenvalue weighted by Gasteiger charge is 2.22. The standard InChI is InChI=1S/C16H10BrF2IN2O2/c1-7-4-8(20)2-3-11(7)21-16-9(12-6-13(23)22-24-12)5-10(17)14(18)15(16)19/h2-6,21H,1H3,(H,22,23). The molecule has 8 heteroatoms. The van der Waals surface area contributed by atoms with E-state index in [2.05, 4.69) is 49.0 Å². The third kappa shape index (κ3) is 3.25. The Morgan fingerprint density at radius 1 is 1.21 bits per heavy atom. The normalized spacial score (nSPS) is 10.9. The first-order valence-corrected chi connectivity index (χ1v) is 8.60. The van der Waals surface area contributed by atoms with E-state index in [0.717, 1.165) is 9.13 Å². The van der Waals surface area contributed by atoms with Crippen LogP contribution in [-0.2, 0) is 0 Å². The summed E-state index contributed by atoms with van der Waals surface area (Å²) < 4.78 is 34.5. The number of nitrogens with one attached hydrogen (secondary N) is 1. The molecule has 3 aromatic rings. The van der Waals surface area contributed by atoms with Crippen LogP contribution < -0.4 is 5.32 Å². The van der Waals surface area contributed by atoms with E-state index in [1.54, 1.807) is 6.07 Å². The molecule has 0 aliphatic heterocycles. The highest BCUT2D eigenvalue weighted by atomic mass is 127. The molecule has 0 atom stereocenters. The summed E-state index contributed by atoms with van der Waals surface area (Å²) in [7, 11) is 0. The number of aromatic nitrogens is 1. The summed E-state index contributed by atoms with van der Waals surface area (Å²) in [5, 5.41) is 15.6. The van der Waals surface area contributed by atoms with Crippen molar-refractivity contribution < 1.29 is 18.4 Å². The predicted molar refractivity (Wildman–Crippen MR) is 98.4 cm³/mol. The average molecular weight is 507 g/mol. The van der Waals surface area contributed by atoms with Crippen molar-refractivity contribution in [3.8, 4) is 17.2 Å². The zero-order valence-electron chi connectivity index (χ0n) is 12.2. The van der Waals surface area contributed by atoms with Crippen molar-refractivity contribution in [2.75, 3.05) is 5.32 Å². The number of aryl methyl sites for hydroxylation is 1. The van der Waals surface area contributed by atoms with Crippen molar-refractivity contribution in [3.63, 3.8) is 0 Å². The molecular formula is C16H10BrF2IN2O2. The molecule has 3 rings (SSSR count). The van der Waals surface area contributed by atoms with Gasteiger partial charge in [0.05, 0.1) is 10.2 Å². The van der Waals surface area contributed by atoms with Crippen LogP contribution in [0.3, 0.4) is 0 Å². The van der Waals surface area contributed by atoms with Crippen molar-refractivity contribution in [1.29, 1.82) is 0 Å². The molecule has 0 unspecified atom stereocenters.